The van der Waals surface area contributed by atoms with Crippen LogP contribution in [0.5, 0.6) is 0 Å². The average Bonchev–Trinajstić information content (AvgIpc) is 2.91. The van der Waals surface area contributed by atoms with Gasteiger partial charge in [-0.1, -0.05) is 56.7 Å². The number of benzene rings is 1. The van der Waals surface area contributed by atoms with Crippen LogP contribution in [0, 0.1) is 17.8 Å². The molecule has 22 heavy (non-hydrogen) atoms. The lowest BCUT2D eigenvalue weighted by atomic mass is 9.60. The van der Waals surface area contributed by atoms with E-state index in [9.17, 15) is 0 Å². The van der Waals surface area contributed by atoms with E-state index in [-0.39, 0.29) is 0 Å². The Labute approximate surface area is 137 Å². The second kappa shape index (κ2) is 7.07. The lowest BCUT2D eigenvalue weighted by Crippen LogP contribution is -2.09. The fourth-order valence-corrected chi connectivity index (χ4v) is 4.43. The van der Waals surface area contributed by atoms with Crippen LogP contribution in [0.15, 0.2) is 24.8 Å². The van der Waals surface area contributed by atoms with Crippen molar-refractivity contribution in [2.45, 2.75) is 65.1 Å². The molecule has 3 rings (SSSR count). The zero-order valence-electron chi connectivity index (χ0n) is 14.4. The van der Waals surface area contributed by atoms with Crippen LogP contribution < -0.4 is 0 Å². The Bertz CT molecular complexity index is 519. The first kappa shape index (κ1) is 15.9. The minimum atomic E-state index is 0.860. The topological polar surface area (TPSA) is 0 Å². The highest BCUT2D eigenvalue weighted by Gasteiger charge is 2.22. The van der Waals surface area contributed by atoms with E-state index in [1.165, 1.54) is 62.3 Å². The Morgan fingerprint density at radius 2 is 1.77 bits per heavy atom. The van der Waals surface area contributed by atoms with E-state index in [4.69, 9.17) is 0 Å². The summed E-state index contributed by atoms with van der Waals surface area (Å²) in [5, 5.41) is 0. The zero-order chi connectivity index (χ0) is 15.5. The maximum atomic E-state index is 4.34. The summed E-state index contributed by atoms with van der Waals surface area (Å²) in [6, 6.07) is 6.99. The molecule has 1 aromatic carbocycles. The van der Waals surface area contributed by atoms with Gasteiger partial charge in [-0.3, -0.25) is 0 Å². The lowest BCUT2D eigenvalue weighted by molar-refractivity contribution is 0.404. The van der Waals surface area contributed by atoms with E-state index in [1.807, 2.05) is 0 Å². The Morgan fingerprint density at radius 3 is 2.50 bits per heavy atom. The van der Waals surface area contributed by atoms with Crippen molar-refractivity contribution in [2.75, 3.05) is 0 Å². The number of rotatable bonds is 4. The van der Waals surface area contributed by atoms with Gasteiger partial charge in [-0.15, -0.1) is 6.58 Å². The van der Waals surface area contributed by atoms with Gasteiger partial charge in [-0.25, -0.2) is 0 Å². The lowest BCUT2D eigenvalue weighted by Gasteiger charge is -2.19. The first-order valence-electron chi connectivity index (χ1n) is 9.26. The van der Waals surface area contributed by atoms with E-state index < -0.39 is 0 Å². The molecule has 1 saturated carbocycles. The molecule has 0 N–H and O–H groups in total. The predicted octanol–water partition coefficient (Wildman–Crippen LogP) is 5.73. The molecular weight excluding hydrogens is 263 g/mol. The van der Waals surface area contributed by atoms with Gasteiger partial charge in [0, 0.05) is 0 Å². The highest BCUT2D eigenvalue weighted by atomic mass is 14.2. The molecule has 2 aliphatic rings. The zero-order valence-corrected chi connectivity index (χ0v) is 14.4. The second-order valence-electron chi connectivity index (χ2n) is 7.93. The second-order valence-corrected chi connectivity index (χ2v) is 7.93. The summed E-state index contributed by atoms with van der Waals surface area (Å²) in [6.07, 6.45) is 10.7. The molecule has 1 fully saturated rings. The van der Waals surface area contributed by atoms with E-state index in [1.54, 1.807) is 11.1 Å². The summed E-state index contributed by atoms with van der Waals surface area (Å²) >= 11 is 0. The minimum absolute atomic E-state index is 0.860. The Hall–Kier alpha value is -0.975. The molecule has 2 unspecified atom stereocenters. The van der Waals surface area contributed by atoms with E-state index in [0.29, 0.717) is 0 Å². The molecule has 0 bridgehead atoms. The van der Waals surface area contributed by atoms with Gasteiger partial charge in [0.2, 0.25) is 0 Å². The van der Waals surface area contributed by atoms with Gasteiger partial charge in [0.15, 0.2) is 7.28 Å². The van der Waals surface area contributed by atoms with Crippen molar-refractivity contribution in [3.05, 3.63) is 41.5 Å². The van der Waals surface area contributed by atoms with E-state index >= 15 is 0 Å². The van der Waals surface area contributed by atoms with Crippen LogP contribution in [0.3, 0.4) is 0 Å². The van der Waals surface area contributed by atoms with Crippen LogP contribution in [-0.2, 0) is 12.8 Å². The van der Waals surface area contributed by atoms with Crippen molar-refractivity contribution >= 4 is 12.8 Å². The van der Waals surface area contributed by atoms with Gasteiger partial charge in [0.05, 0.1) is 0 Å². The van der Waals surface area contributed by atoms with Crippen molar-refractivity contribution in [1.29, 1.82) is 0 Å². The maximum Gasteiger partial charge on any atom is 0.151 e. The third-order valence-electron chi connectivity index (χ3n) is 5.79. The predicted molar refractivity (Wildman–Crippen MR) is 98.3 cm³/mol. The van der Waals surface area contributed by atoms with Crippen molar-refractivity contribution in [2.24, 2.45) is 17.8 Å². The monoisotopic (exact) mass is 293 g/mol. The highest BCUT2D eigenvalue weighted by Crippen LogP contribution is 2.34. The Kier molecular flexibility index (Phi) is 5.11. The van der Waals surface area contributed by atoms with Gasteiger partial charge in [-0.05, 0) is 66.5 Å². The molecule has 2 aliphatic carbocycles. The molecule has 117 valence electrons. The molecule has 1 heteroatoms. The normalized spacial score (nSPS) is 28.0. The fourth-order valence-electron chi connectivity index (χ4n) is 4.43. The smallest absolute Gasteiger partial charge is 0.105 e. The quantitative estimate of drug-likeness (QED) is 0.491. The fraction of sp³-hybridized carbons (Fsp3) is 0.619. The minimum Gasteiger partial charge on any atom is -0.105 e. The molecule has 1 radical (unpaired) electrons. The molecule has 0 heterocycles. The summed E-state index contributed by atoms with van der Waals surface area (Å²) in [6.45, 7) is 9.20. The third-order valence-corrected chi connectivity index (χ3v) is 5.79. The van der Waals surface area contributed by atoms with Crippen molar-refractivity contribution in [1.82, 2.24) is 0 Å². The van der Waals surface area contributed by atoms with Gasteiger partial charge >= 0.3 is 0 Å². The number of hydrogen-bond acceptors (Lipinski definition) is 0. The number of aryl methyl sites for hydroxylation is 2. The van der Waals surface area contributed by atoms with Gasteiger partial charge in [-0.2, -0.15) is 0 Å². The number of hydrogen-bond donors (Lipinski definition) is 0. The Balaban J connectivity index is 1.57. The van der Waals surface area contributed by atoms with Crippen LogP contribution in [0.2, 0.25) is 6.32 Å². The SMILES string of the molecule is C=C([B]CC1CC(C)CCC(C)C1)c1ccc2c(c1)CCC2. The van der Waals surface area contributed by atoms with Crippen LogP contribution in [0.25, 0.3) is 5.47 Å². The largest absolute Gasteiger partial charge is 0.151 e. The highest BCUT2D eigenvalue weighted by molar-refractivity contribution is 6.60. The first-order valence-corrected chi connectivity index (χ1v) is 9.26. The maximum absolute atomic E-state index is 4.34. The van der Waals surface area contributed by atoms with Crippen LogP contribution in [0.1, 0.15) is 62.6 Å². The molecular formula is C21H30B. The van der Waals surface area contributed by atoms with E-state index in [2.05, 4.69) is 45.9 Å². The first-order chi connectivity index (χ1) is 10.6. The molecule has 0 nitrogen and oxygen atoms in total. The molecule has 1 aromatic rings. The van der Waals surface area contributed by atoms with Crippen molar-refractivity contribution in [3.63, 3.8) is 0 Å². The van der Waals surface area contributed by atoms with Gasteiger partial charge in [0.25, 0.3) is 0 Å². The molecule has 2 atom stereocenters. The van der Waals surface area contributed by atoms with Gasteiger partial charge < -0.3 is 0 Å². The summed E-state index contributed by atoms with van der Waals surface area (Å²) in [5.74, 6) is 2.66. The molecule has 0 saturated heterocycles. The Morgan fingerprint density at radius 1 is 1.09 bits per heavy atom. The summed E-state index contributed by atoms with van der Waals surface area (Å²) in [5.41, 5.74) is 5.70. The van der Waals surface area contributed by atoms with Crippen LogP contribution >= 0.6 is 0 Å². The summed E-state index contributed by atoms with van der Waals surface area (Å²) < 4.78 is 0. The summed E-state index contributed by atoms with van der Waals surface area (Å²) in [4.78, 5) is 0. The third kappa shape index (κ3) is 3.86. The van der Waals surface area contributed by atoms with Crippen LogP contribution in [0.4, 0.5) is 0 Å². The van der Waals surface area contributed by atoms with Crippen molar-refractivity contribution in [3.8, 4) is 0 Å². The van der Waals surface area contributed by atoms with Gasteiger partial charge in [0.1, 0.15) is 0 Å². The summed E-state index contributed by atoms with van der Waals surface area (Å²) in [7, 11) is 2.41. The standard InChI is InChI=1S/C21H30B/c1-15-7-8-16(2)12-18(11-15)14-22-17(3)20-10-9-19-5-4-6-21(19)13-20/h9-10,13,15-16,18H,3-8,11-12,14H2,1-2H3. The van der Waals surface area contributed by atoms with Crippen LogP contribution in [-0.4, -0.2) is 7.28 Å². The molecule has 0 amide bonds. The molecule has 0 spiro atoms. The average molecular weight is 293 g/mol. The van der Waals surface area contributed by atoms with E-state index in [0.717, 1.165) is 17.8 Å². The van der Waals surface area contributed by atoms with Crippen molar-refractivity contribution < 1.29 is 0 Å². The number of fused-ring (bicyclic) bond motifs is 1. The molecule has 0 aliphatic heterocycles. The molecule has 0 aromatic heterocycles.